The Labute approximate surface area is 202 Å². The number of nitrogens with one attached hydrogen (secondary N) is 3. The molecule has 0 spiro atoms. The van der Waals surface area contributed by atoms with Gasteiger partial charge >= 0.3 is 0 Å². The maximum absolute atomic E-state index is 12.9. The Morgan fingerprint density at radius 1 is 1.18 bits per heavy atom. The third kappa shape index (κ3) is 5.09. The second kappa shape index (κ2) is 9.26. The van der Waals surface area contributed by atoms with E-state index in [1.165, 1.54) is 11.3 Å². The quantitative estimate of drug-likeness (QED) is 0.308. The molecule has 0 aliphatic carbocycles. The summed E-state index contributed by atoms with van der Waals surface area (Å²) in [4.78, 5) is 39.0. The predicted molar refractivity (Wildman–Crippen MR) is 136 cm³/mol. The van der Waals surface area contributed by atoms with Gasteiger partial charge < -0.3 is 21.4 Å². The number of H-pyrrole nitrogens is 1. The van der Waals surface area contributed by atoms with Crippen molar-refractivity contribution >= 4 is 40.0 Å². The van der Waals surface area contributed by atoms with Crippen LogP contribution < -0.4 is 16.4 Å². The van der Waals surface area contributed by atoms with Crippen LogP contribution in [0.5, 0.6) is 0 Å². The lowest BCUT2D eigenvalue weighted by Crippen LogP contribution is -2.41. The Kier molecular flexibility index (Phi) is 6.39. The van der Waals surface area contributed by atoms with Crippen LogP contribution in [-0.4, -0.2) is 32.8 Å². The molecule has 1 aromatic carbocycles. The third-order valence-electron chi connectivity index (χ3n) is 5.76. The minimum absolute atomic E-state index is 0.0215. The fourth-order valence-corrected chi connectivity index (χ4v) is 4.12. The second-order valence-electron chi connectivity index (χ2n) is 9.31. The van der Waals surface area contributed by atoms with E-state index in [0.717, 1.165) is 10.4 Å². The molecule has 0 aliphatic rings. The molecule has 0 fully saturated rings. The first-order chi connectivity index (χ1) is 16.1. The number of aromatic amines is 1. The Bertz CT molecular complexity index is 1350. The number of rotatable bonds is 6. The number of nitrogen functional groups attached to an aromatic ring is 1. The van der Waals surface area contributed by atoms with E-state index in [4.69, 9.17) is 5.73 Å². The summed E-state index contributed by atoms with van der Waals surface area (Å²) in [6.07, 6.45) is 3.27. The highest BCUT2D eigenvalue weighted by Gasteiger charge is 2.24. The highest BCUT2D eigenvalue weighted by atomic mass is 32.1. The highest BCUT2D eigenvalue weighted by molar-refractivity contribution is 7.17. The summed E-state index contributed by atoms with van der Waals surface area (Å²) >= 11 is 1.32. The van der Waals surface area contributed by atoms with Crippen molar-refractivity contribution in [3.8, 4) is 10.6 Å². The summed E-state index contributed by atoms with van der Waals surface area (Å²) in [5.74, 6) is -0.376. The zero-order chi connectivity index (χ0) is 24.5. The van der Waals surface area contributed by atoms with E-state index < -0.39 is 0 Å². The van der Waals surface area contributed by atoms with Crippen molar-refractivity contribution in [2.24, 2.45) is 5.41 Å². The lowest BCUT2D eigenvalue weighted by atomic mass is 9.88. The molecule has 9 heteroatoms. The number of benzene rings is 1. The predicted octanol–water partition coefficient (Wildman–Crippen LogP) is 4.36. The number of thiophene rings is 1. The van der Waals surface area contributed by atoms with Crippen molar-refractivity contribution in [2.45, 2.75) is 40.3 Å². The van der Waals surface area contributed by atoms with Gasteiger partial charge in [0.25, 0.3) is 11.8 Å². The zero-order valence-corrected chi connectivity index (χ0v) is 20.4. The molecule has 1 atom stereocenters. The Balaban J connectivity index is 1.51. The minimum Gasteiger partial charge on any atom is -0.399 e. The molecule has 4 rings (SSSR count). The summed E-state index contributed by atoms with van der Waals surface area (Å²) in [7, 11) is 0. The number of fused-ring (bicyclic) bond motifs is 1. The lowest BCUT2D eigenvalue weighted by molar-refractivity contribution is 0.0910. The number of anilines is 1. The standard InChI is InChI=1S/C25H28N6O2S/c1-14(25(2,3)4)30-23(32)17-12-27-22-21(17)31-18(13-28-22)19-8-9-20(34-19)24(33)29-11-15-6-5-7-16(26)10-15/h5-10,12-14H,11,26H2,1-4H3,(H,27,28)(H,29,33)(H,30,32)/t14-/m0/s1. The number of aromatic nitrogens is 3. The summed E-state index contributed by atoms with van der Waals surface area (Å²) in [6.45, 7) is 8.59. The van der Waals surface area contributed by atoms with Gasteiger partial charge in [0.05, 0.1) is 27.2 Å². The van der Waals surface area contributed by atoms with Gasteiger partial charge in [-0.15, -0.1) is 11.3 Å². The van der Waals surface area contributed by atoms with E-state index in [0.29, 0.717) is 39.5 Å². The van der Waals surface area contributed by atoms with E-state index in [-0.39, 0.29) is 23.3 Å². The maximum atomic E-state index is 12.9. The molecule has 34 heavy (non-hydrogen) atoms. The van der Waals surface area contributed by atoms with Gasteiger partial charge in [-0.3, -0.25) is 9.59 Å². The van der Waals surface area contributed by atoms with Gasteiger partial charge in [-0.05, 0) is 42.2 Å². The van der Waals surface area contributed by atoms with Gasteiger partial charge in [0.1, 0.15) is 5.52 Å². The fourth-order valence-electron chi connectivity index (χ4n) is 3.24. The van der Waals surface area contributed by atoms with Crippen LogP contribution in [-0.2, 0) is 6.54 Å². The molecule has 3 aromatic heterocycles. The lowest BCUT2D eigenvalue weighted by Gasteiger charge is -2.27. The summed E-state index contributed by atoms with van der Waals surface area (Å²) in [5, 5.41) is 5.95. The highest BCUT2D eigenvalue weighted by Crippen LogP contribution is 2.28. The van der Waals surface area contributed by atoms with E-state index in [1.807, 2.05) is 31.2 Å². The van der Waals surface area contributed by atoms with Gasteiger partial charge in [-0.2, -0.15) is 0 Å². The first-order valence-electron chi connectivity index (χ1n) is 11.0. The summed E-state index contributed by atoms with van der Waals surface area (Å²) in [5.41, 5.74) is 9.39. The van der Waals surface area contributed by atoms with Crippen LogP contribution in [0, 0.1) is 5.41 Å². The average molecular weight is 477 g/mol. The van der Waals surface area contributed by atoms with Crippen molar-refractivity contribution in [3.05, 3.63) is 64.8 Å². The number of hydrogen-bond acceptors (Lipinski definition) is 6. The average Bonchev–Trinajstić information content (AvgIpc) is 3.44. The number of hydrogen-bond donors (Lipinski definition) is 4. The number of carbonyl (C=O) groups is 2. The van der Waals surface area contributed by atoms with Crippen LogP contribution >= 0.6 is 11.3 Å². The Morgan fingerprint density at radius 3 is 2.71 bits per heavy atom. The molecule has 4 aromatic rings. The molecule has 5 N–H and O–H groups in total. The van der Waals surface area contributed by atoms with E-state index >= 15 is 0 Å². The molecule has 176 valence electrons. The molecule has 0 aliphatic heterocycles. The molecule has 0 radical (unpaired) electrons. The number of nitrogens with zero attached hydrogens (tertiary/aromatic N) is 2. The minimum atomic E-state index is -0.201. The first kappa shape index (κ1) is 23.4. The van der Waals surface area contributed by atoms with Gasteiger partial charge in [-0.25, -0.2) is 9.97 Å². The molecule has 0 unspecified atom stereocenters. The number of nitrogens with two attached hydrogens (primary N) is 1. The van der Waals surface area contributed by atoms with Crippen LogP contribution in [0.3, 0.4) is 0 Å². The van der Waals surface area contributed by atoms with E-state index in [1.54, 1.807) is 24.5 Å². The molecule has 8 nitrogen and oxygen atoms in total. The van der Waals surface area contributed by atoms with Crippen molar-refractivity contribution in [1.82, 2.24) is 25.6 Å². The number of carbonyl (C=O) groups excluding carboxylic acids is 2. The van der Waals surface area contributed by atoms with Crippen molar-refractivity contribution in [3.63, 3.8) is 0 Å². The largest absolute Gasteiger partial charge is 0.399 e. The number of amides is 2. The van der Waals surface area contributed by atoms with Crippen LogP contribution in [0.4, 0.5) is 5.69 Å². The zero-order valence-electron chi connectivity index (χ0n) is 19.6. The van der Waals surface area contributed by atoms with E-state index in [9.17, 15) is 9.59 Å². The van der Waals surface area contributed by atoms with Crippen LogP contribution in [0.1, 0.15) is 53.3 Å². The second-order valence-corrected chi connectivity index (χ2v) is 10.4. The molecule has 0 saturated heterocycles. The van der Waals surface area contributed by atoms with Gasteiger partial charge in [0, 0.05) is 24.5 Å². The molecule has 0 saturated carbocycles. The topological polar surface area (TPSA) is 126 Å². The Hall–Kier alpha value is -3.72. The van der Waals surface area contributed by atoms with Crippen LogP contribution in [0.15, 0.2) is 48.8 Å². The van der Waals surface area contributed by atoms with Crippen molar-refractivity contribution in [2.75, 3.05) is 5.73 Å². The first-order valence-corrected chi connectivity index (χ1v) is 11.8. The maximum Gasteiger partial charge on any atom is 0.261 e. The van der Waals surface area contributed by atoms with Gasteiger partial charge in [-0.1, -0.05) is 32.9 Å². The van der Waals surface area contributed by atoms with E-state index in [2.05, 4.69) is 46.4 Å². The SMILES string of the molecule is C[C@H](NC(=O)c1c[nH]c2ncc(-c3ccc(C(=O)NCc4cccc(N)c4)s3)nc12)C(C)(C)C. The third-order valence-corrected chi connectivity index (χ3v) is 6.86. The summed E-state index contributed by atoms with van der Waals surface area (Å²) < 4.78 is 0. The molecule has 2 amide bonds. The molecular weight excluding hydrogens is 448 g/mol. The Morgan fingerprint density at radius 2 is 1.97 bits per heavy atom. The van der Waals surface area contributed by atoms with Crippen LogP contribution in [0.2, 0.25) is 0 Å². The fraction of sp³-hybridized carbons (Fsp3) is 0.280. The monoisotopic (exact) mass is 476 g/mol. The van der Waals surface area contributed by atoms with Gasteiger partial charge in [0.2, 0.25) is 0 Å². The molecule has 3 heterocycles. The molecule has 0 bridgehead atoms. The van der Waals surface area contributed by atoms with Crippen LogP contribution in [0.25, 0.3) is 21.7 Å². The van der Waals surface area contributed by atoms with Crippen molar-refractivity contribution < 1.29 is 9.59 Å². The summed E-state index contributed by atoms with van der Waals surface area (Å²) in [6, 6.07) is 11.0. The smallest absolute Gasteiger partial charge is 0.261 e. The molecular formula is C25H28N6O2S. The van der Waals surface area contributed by atoms with Crippen molar-refractivity contribution in [1.29, 1.82) is 0 Å². The normalized spacial score (nSPS) is 12.5. The van der Waals surface area contributed by atoms with Gasteiger partial charge in [0.15, 0.2) is 5.65 Å².